The number of hydrogen-bond acceptors (Lipinski definition) is 5. The number of halogens is 1. The van der Waals surface area contributed by atoms with Crippen molar-refractivity contribution in [3.63, 3.8) is 0 Å². The monoisotopic (exact) mass is 631 g/mol. The van der Waals surface area contributed by atoms with Gasteiger partial charge < -0.3 is 19.4 Å². The maximum absolute atomic E-state index is 12.6. The molecule has 2 aliphatic rings. The Morgan fingerprint density at radius 3 is 2.59 bits per heavy atom. The molecule has 41 heavy (non-hydrogen) atoms. The van der Waals surface area contributed by atoms with E-state index >= 15 is 0 Å². The van der Waals surface area contributed by atoms with Crippen LogP contribution in [0.2, 0.25) is 6.32 Å². The van der Waals surface area contributed by atoms with Gasteiger partial charge in [0.15, 0.2) is 0 Å². The molecule has 8 heteroatoms. The number of carbonyl (C=O) groups is 2. The summed E-state index contributed by atoms with van der Waals surface area (Å²) in [4.78, 5) is 24.3. The second-order valence-electron chi connectivity index (χ2n) is 11.5. The number of hydrogen-bond donors (Lipinski definition) is 1. The lowest BCUT2D eigenvalue weighted by molar-refractivity contribution is -0.147. The van der Waals surface area contributed by atoms with Crippen molar-refractivity contribution in [2.24, 2.45) is 11.8 Å². The van der Waals surface area contributed by atoms with E-state index in [4.69, 9.17) is 14.0 Å². The summed E-state index contributed by atoms with van der Waals surface area (Å²) in [6.07, 6.45) is 17.4. The Balaban J connectivity index is 1.64. The Bertz CT molecular complexity index is 916. The second kappa shape index (κ2) is 19.5. The number of unbranched alkanes of at least 4 members (excludes halogenated alkanes) is 4. The number of fused-ring (bicyclic) bond motifs is 2. The molecule has 1 saturated carbocycles. The first-order valence-electron chi connectivity index (χ1n) is 16.1. The fourth-order valence-corrected chi connectivity index (χ4v) is 6.39. The van der Waals surface area contributed by atoms with Crippen molar-refractivity contribution in [2.75, 3.05) is 11.9 Å². The SMILES string of the molecule is CCCCB1OC2CC(O1)[C@H](CCCCCCC(=O)NCC)[C@H]2/C=C/[C@H](CCc1ccccc1)OC(=O)CCCBr. The van der Waals surface area contributed by atoms with E-state index in [0.717, 1.165) is 82.3 Å². The van der Waals surface area contributed by atoms with Crippen LogP contribution < -0.4 is 5.32 Å². The first-order chi connectivity index (χ1) is 20.0. The predicted octanol–water partition coefficient (Wildman–Crippen LogP) is 7.45. The van der Waals surface area contributed by atoms with Crippen molar-refractivity contribution in [3.05, 3.63) is 48.0 Å². The zero-order valence-electron chi connectivity index (χ0n) is 25.2. The third-order valence-electron chi connectivity index (χ3n) is 8.28. The Kier molecular flexibility index (Phi) is 16.1. The Morgan fingerprint density at radius 1 is 1.05 bits per heavy atom. The molecule has 1 aliphatic heterocycles. The van der Waals surface area contributed by atoms with Crippen LogP contribution in [0.5, 0.6) is 0 Å². The van der Waals surface area contributed by atoms with Gasteiger partial charge in [-0.05, 0) is 69.3 Å². The first kappa shape index (κ1) is 33.9. The molecular weight excluding hydrogens is 581 g/mol. The van der Waals surface area contributed by atoms with E-state index in [1.165, 1.54) is 5.56 Å². The highest BCUT2D eigenvalue weighted by Gasteiger charge is 2.49. The molecule has 3 rings (SSSR count). The van der Waals surface area contributed by atoms with Crippen LogP contribution in [0.4, 0.5) is 0 Å². The number of carbonyl (C=O) groups excluding carboxylic acids is 2. The van der Waals surface area contributed by atoms with Gasteiger partial charge in [-0.3, -0.25) is 9.59 Å². The molecule has 5 atom stereocenters. The molecule has 1 amide bonds. The van der Waals surface area contributed by atoms with Gasteiger partial charge in [0.1, 0.15) is 6.10 Å². The van der Waals surface area contributed by atoms with Crippen LogP contribution in [0, 0.1) is 11.8 Å². The highest BCUT2D eigenvalue weighted by atomic mass is 79.9. The molecule has 2 unspecified atom stereocenters. The normalized spacial score (nSPS) is 22.7. The lowest BCUT2D eigenvalue weighted by atomic mass is 9.80. The molecule has 1 heterocycles. The predicted molar refractivity (Wildman–Crippen MR) is 170 cm³/mol. The lowest BCUT2D eigenvalue weighted by Gasteiger charge is -2.28. The van der Waals surface area contributed by atoms with Crippen LogP contribution in [0.1, 0.15) is 96.5 Å². The number of esters is 1. The summed E-state index contributed by atoms with van der Waals surface area (Å²) in [5, 5.41) is 3.68. The molecule has 2 fully saturated rings. The largest absolute Gasteiger partial charge is 0.458 e. The molecule has 1 aliphatic carbocycles. The standard InChI is InChI=1S/C33H51BBrNO5/c1-3-5-23-34-40-30-25-31(41-34)29(28(30)16-11-6-7-12-17-32(37)36-4-2)22-21-27(39-33(38)18-13-24-35)20-19-26-14-9-8-10-15-26/h8-10,14-15,21-22,27-31H,3-7,11-13,16-20,23-25H2,1-2H3,(H,36,37)/b22-21+/t27-,28+,29+,30?,31?/m0/s1. The van der Waals surface area contributed by atoms with Gasteiger partial charge in [-0.2, -0.15) is 0 Å². The number of nitrogens with one attached hydrogen (secondary N) is 1. The number of aryl methyl sites for hydroxylation is 1. The molecule has 2 bridgehead atoms. The second-order valence-corrected chi connectivity index (χ2v) is 12.3. The van der Waals surface area contributed by atoms with E-state index < -0.39 is 0 Å². The van der Waals surface area contributed by atoms with Crippen molar-refractivity contribution in [1.82, 2.24) is 5.32 Å². The molecule has 1 aromatic rings. The third-order valence-corrected chi connectivity index (χ3v) is 8.84. The molecule has 1 saturated heterocycles. The van der Waals surface area contributed by atoms with Gasteiger partial charge in [0.2, 0.25) is 5.91 Å². The Hall–Kier alpha value is -1.64. The average molecular weight is 632 g/mol. The first-order valence-corrected chi connectivity index (χ1v) is 17.2. The maximum atomic E-state index is 12.6. The zero-order valence-corrected chi connectivity index (χ0v) is 26.8. The van der Waals surface area contributed by atoms with Crippen molar-refractivity contribution in [3.8, 4) is 0 Å². The van der Waals surface area contributed by atoms with E-state index in [1.807, 2.05) is 13.0 Å². The number of alkyl halides is 1. The van der Waals surface area contributed by atoms with Gasteiger partial charge in [-0.25, -0.2) is 0 Å². The van der Waals surface area contributed by atoms with Crippen LogP contribution in [0.15, 0.2) is 42.5 Å². The lowest BCUT2D eigenvalue weighted by Crippen LogP contribution is -2.37. The van der Waals surface area contributed by atoms with Gasteiger partial charge >= 0.3 is 13.1 Å². The van der Waals surface area contributed by atoms with E-state index in [2.05, 4.69) is 64.6 Å². The molecule has 6 nitrogen and oxygen atoms in total. The average Bonchev–Trinajstić information content (AvgIpc) is 3.22. The minimum atomic E-state index is -0.259. The molecule has 0 spiro atoms. The number of ether oxygens (including phenoxy) is 1. The highest BCUT2D eigenvalue weighted by molar-refractivity contribution is 9.09. The summed E-state index contributed by atoms with van der Waals surface area (Å²) < 4.78 is 18.9. The van der Waals surface area contributed by atoms with Crippen molar-refractivity contribution >= 4 is 34.9 Å². The van der Waals surface area contributed by atoms with Crippen LogP contribution in [0.3, 0.4) is 0 Å². The van der Waals surface area contributed by atoms with Gasteiger partial charge in [0, 0.05) is 36.7 Å². The number of rotatable bonds is 20. The summed E-state index contributed by atoms with van der Waals surface area (Å²) in [6, 6.07) is 10.4. The smallest absolute Gasteiger partial charge is 0.457 e. The van der Waals surface area contributed by atoms with Gasteiger partial charge in [-0.1, -0.05) is 91.4 Å². The maximum Gasteiger partial charge on any atom is 0.457 e. The van der Waals surface area contributed by atoms with Gasteiger partial charge in [-0.15, -0.1) is 0 Å². The molecule has 0 aromatic heterocycles. The minimum absolute atomic E-state index is 0.118. The van der Waals surface area contributed by atoms with Gasteiger partial charge in [0.25, 0.3) is 0 Å². The van der Waals surface area contributed by atoms with E-state index in [-0.39, 0.29) is 43.2 Å². The minimum Gasteiger partial charge on any atom is -0.458 e. The van der Waals surface area contributed by atoms with Crippen molar-refractivity contribution in [2.45, 2.75) is 122 Å². The van der Waals surface area contributed by atoms with Crippen molar-refractivity contribution < 1.29 is 23.6 Å². The molecule has 228 valence electrons. The van der Waals surface area contributed by atoms with Crippen molar-refractivity contribution in [1.29, 1.82) is 0 Å². The molecule has 1 N–H and O–H groups in total. The number of benzene rings is 1. The summed E-state index contributed by atoms with van der Waals surface area (Å²) in [7, 11) is -0.118. The molecular formula is C33H51BBrNO5. The van der Waals surface area contributed by atoms with Crippen LogP contribution in [-0.2, 0) is 30.1 Å². The molecule has 0 radical (unpaired) electrons. The molecule has 1 aromatic carbocycles. The van der Waals surface area contributed by atoms with Crippen LogP contribution in [-0.4, -0.2) is 49.2 Å². The summed E-state index contributed by atoms with van der Waals surface area (Å²) in [5.74, 6) is 0.661. The topological polar surface area (TPSA) is 73.9 Å². The quantitative estimate of drug-likeness (QED) is 0.0532. The van der Waals surface area contributed by atoms with Crippen LogP contribution >= 0.6 is 15.9 Å². The summed E-state index contributed by atoms with van der Waals surface area (Å²) in [6.45, 7) is 4.86. The van der Waals surface area contributed by atoms with E-state index in [9.17, 15) is 9.59 Å². The Labute approximate surface area is 257 Å². The highest BCUT2D eigenvalue weighted by Crippen LogP contribution is 2.44. The van der Waals surface area contributed by atoms with E-state index in [0.29, 0.717) is 25.3 Å². The third kappa shape index (κ3) is 12.2. The van der Waals surface area contributed by atoms with Gasteiger partial charge in [0.05, 0.1) is 6.10 Å². The fraction of sp³-hybridized carbons (Fsp3) is 0.697. The van der Waals surface area contributed by atoms with Crippen LogP contribution in [0.25, 0.3) is 0 Å². The van der Waals surface area contributed by atoms with E-state index in [1.54, 1.807) is 0 Å². The Morgan fingerprint density at radius 2 is 1.83 bits per heavy atom. The summed E-state index contributed by atoms with van der Waals surface area (Å²) >= 11 is 3.42. The summed E-state index contributed by atoms with van der Waals surface area (Å²) in [5.41, 5.74) is 1.25. The fourth-order valence-electron chi connectivity index (χ4n) is 6.10. The number of amides is 1. The zero-order chi connectivity index (χ0) is 29.3.